The Balaban J connectivity index is 2.60. The van der Waals surface area contributed by atoms with Crippen molar-refractivity contribution in [2.24, 2.45) is 0 Å². The van der Waals surface area contributed by atoms with Crippen LogP contribution in [0.4, 0.5) is 5.69 Å². The second-order valence-electron chi connectivity index (χ2n) is 4.60. The topological polar surface area (TPSA) is 69.6 Å². The fourth-order valence-corrected chi connectivity index (χ4v) is 1.81. The Morgan fingerprint density at radius 3 is 2.53 bits per heavy atom. The van der Waals surface area contributed by atoms with Gasteiger partial charge in [0.15, 0.2) is 5.82 Å². The Kier molecular flexibility index (Phi) is 2.83. The van der Waals surface area contributed by atoms with Crippen molar-refractivity contribution >= 4 is 5.69 Å². The summed E-state index contributed by atoms with van der Waals surface area (Å²) in [6.45, 7) is 8.16. The molecule has 0 unspecified atom stereocenters. The second-order valence-corrected chi connectivity index (χ2v) is 4.60. The van der Waals surface area contributed by atoms with Crippen LogP contribution in [0.3, 0.4) is 0 Å². The summed E-state index contributed by atoms with van der Waals surface area (Å²) >= 11 is 0. The first-order valence-corrected chi connectivity index (χ1v) is 5.66. The minimum atomic E-state index is 0.270. The Bertz CT molecular complexity index is 542. The molecular weight excluding hydrogens is 214 g/mol. The van der Waals surface area contributed by atoms with Crippen molar-refractivity contribution in [2.45, 2.75) is 33.6 Å². The Morgan fingerprint density at radius 2 is 1.88 bits per heavy atom. The molecule has 1 aromatic carbocycles. The van der Waals surface area contributed by atoms with Crippen LogP contribution < -0.4 is 5.73 Å². The van der Waals surface area contributed by atoms with E-state index >= 15 is 0 Å². The molecule has 5 nitrogen and oxygen atoms in total. The molecule has 0 amide bonds. The van der Waals surface area contributed by atoms with Crippen LogP contribution in [0.25, 0.3) is 5.69 Å². The number of hydrogen-bond acceptors (Lipinski definition) is 4. The number of hydrogen-bond donors (Lipinski definition) is 1. The normalized spacial score (nSPS) is 11.1. The minimum absolute atomic E-state index is 0.270. The third kappa shape index (κ3) is 2.00. The van der Waals surface area contributed by atoms with E-state index in [-0.39, 0.29) is 5.92 Å². The van der Waals surface area contributed by atoms with Crippen molar-refractivity contribution in [3.8, 4) is 5.69 Å². The second kappa shape index (κ2) is 4.16. The Morgan fingerprint density at radius 1 is 1.18 bits per heavy atom. The van der Waals surface area contributed by atoms with Crippen LogP contribution in [0.1, 0.15) is 36.7 Å². The number of benzene rings is 1. The van der Waals surface area contributed by atoms with Crippen LogP contribution in [0.15, 0.2) is 12.1 Å². The standard InChI is InChI=1S/C12H17N5/c1-7(2)12-14-15-16-17(12)11-6-10(13)8(3)5-9(11)4/h5-7H,13H2,1-4H3. The van der Waals surface area contributed by atoms with Crippen molar-refractivity contribution in [3.63, 3.8) is 0 Å². The number of rotatable bonds is 2. The van der Waals surface area contributed by atoms with Gasteiger partial charge in [0.2, 0.25) is 0 Å². The molecular formula is C12H17N5. The van der Waals surface area contributed by atoms with Gasteiger partial charge in [-0.1, -0.05) is 19.9 Å². The average Bonchev–Trinajstić information content (AvgIpc) is 2.72. The van der Waals surface area contributed by atoms with Gasteiger partial charge >= 0.3 is 0 Å². The highest BCUT2D eigenvalue weighted by Crippen LogP contribution is 2.23. The minimum Gasteiger partial charge on any atom is -0.398 e. The van der Waals surface area contributed by atoms with E-state index in [1.54, 1.807) is 4.68 Å². The van der Waals surface area contributed by atoms with Crippen LogP contribution in [-0.4, -0.2) is 20.2 Å². The zero-order chi connectivity index (χ0) is 12.6. The van der Waals surface area contributed by atoms with E-state index in [2.05, 4.69) is 35.4 Å². The molecule has 1 heterocycles. The molecule has 17 heavy (non-hydrogen) atoms. The fourth-order valence-electron chi connectivity index (χ4n) is 1.81. The SMILES string of the molecule is Cc1cc(C)c(-n2nnnc2C(C)C)cc1N. The fraction of sp³-hybridized carbons (Fsp3) is 0.417. The number of anilines is 1. The van der Waals surface area contributed by atoms with Crippen molar-refractivity contribution in [1.29, 1.82) is 0 Å². The molecule has 0 saturated carbocycles. The van der Waals surface area contributed by atoms with Crippen molar-refractivity contribution < 1.29 is 0 Å². The van der Waals surface area contributed by atoms with Gasteiger partial charge in [-0.05, 0) is 41.5 Å². The Labute approximate surface area is 101 Å². The maximum Gasteiger partial charge on any atom is 0.159 e. The first-order chi connectivity index (χ1) is 8.00. The highest BCUT2D eigenvalue weighted by atomic mass is 15.5. The van der Waals surface area contributed by atoms with E-state index in [0.717, 1.165) is 28.3 Å². The van der Waals surface area contributed by atoms with E-state index < -0.39 is 0 Å². The summed E-state index contributed by atoms with van der Waals surface area (Å²) in [4.78, 5) is 0. The van der Waals surface area contributed by atoms with Crippen molar-refractivity contribution in [1.82, 2.24) is 20.2 Å². The predicted molar refractivity (Wildman–Crippen MR) is 67.1 cm³/mol. The highest BCUT2D eigenvalue weighted by molar-refractivity contribution is 5.57. The van der Waals surface area contributed by atoms with Gasteiger partial charge in [-0.15, -0.1) is 5.10 Å². The van der Waals surface area contributed by atoms with Crippen molar-refractivity contribution in [3.05, 3.63) is 29.1 Å². The molecule has 0 atom stereocenters. The lowest BCUT2D eigenvalue weighted by Gasteiger charge is -2.11. The summed E-state index contributed by atoms with van der Waals surface area (Å²) in [5, 5.41) is 11.8. The zero-order valence-corrected chi connectivity index (χ0v) is 10.6. The van der Waals surface area contributed by atoms with Gasteiger partial charge in [0.1, 0.15) is 0 Å². The third-order valence-corrected chi connectivity index (χ3v) is 2.82. The molecule has 0 fully saturated rings. The first-order valence-electron chi connectivity index (χ1n) is 5.66. The van der Waals surface area contributed by atoms with Crippen LogP contribution in [-0.2, 0) is 0 Å². The molecule has 2 N–H and O–H groups in total. The molecule has 0 bridgehead atoms. The van der Waals surface area contributed by atoms with E-state index in [1.807, 2.05) is 19.9 Å². The zero-order valence-electron chi connectivity index (χ0n) is 10.6. The van der Waals surface area contributed by atoms with Crippen LogP contribution in [0, 0.1) is 13.8 Å². The van der Waals surface area contributed by atoms with Gasteiger partial charge in [0.05, 0.1) is 5.69 Å². The number of nitrogens with zero attached hydrogens (tertiary/aromatic N) is 4. The summed E-state index contributed by atoms with van der Waals surface area (Å²) in [6.07, 6.45) is 0. The number of nitrogens with two attached hydrogens (primary N) is 1. The van der Waals surface area contributed by atoms with E-state index in [4.69, 9.17) is 5.73 Å². The lowest BCUT2D eigenvalue weighted by Crippen LogP contribution is -2.07. The van der Waals surface area contributed by atoms with E-state index in [9.17, 15) is 0 Å². The number of nitrogen functional groups attached to an aromatic ring is 1. The molecule has 0 spiro atoms. The van der Waals surface area contributed by atoms with E-state index in [0.29, 0.717) is 0 Å². The summed E-state index contributed by atoms with van der Waals surface area (Å²) in [6, 6.07) is 3.98. The largest absolute Gasteiger partial charge is 0.398 e. The van der Waals surface area contributed by atoms with Gasteiger partial charge in [0.25, 0.3) is 0 Å². The number of aryl methyl sites for hydroxylation is 2. The molecule has 0 radical (unpaired) electrons. The summed E-state index contributed by atoms with van der Waals surface area (Å²) in [7, 11) is 0. The molecule has 0 aliphatic rings. The molecule has 5 heteroatoms. The van der Waals surface area contributed by atoms with Crippen LogP contribution >= 0.6 is 0 Å². The van der Waals surface area contributed by atoms with Gasteiger partial charge in [-0.2, -0.15) is 4.68 Å². The lowest BCUT2D eigenvalue weighted by molar-refractivity contribution is 0.707. The molecule has 0 saturated heterocycles. The van der Waals surface area contributed by atoms with Gasteiger partial charge in [-0.3, -0.25) is 0 Å². The van der Waals surface area contributed by atoms with Crippen LogP contribution in [0.5, 0.6) is 0 Å². The van der Waals surface area contributed by atoms with Crippen molar-refractivity contribution in [2.75, 3.05) is 5.73 Å². The highest BCUT2D eigenvalue weighted by Gasteiger charge is 2.14. The summed E-state index contributed by atoms with van der Waals surface area (Å²) in [5.41, 5.74) is 9.84. The Hall–Kier alpha value is -1.91. The number of tetrazole rings is 1. The quantitative estimate of drug-likeness (QED) is 0.802. The van der Waals surface area contributed by atoms with Gasteiger partial charge in [-0.25, -0.2) is 0 Å². The number of aromatic nitrogens is 4. The lowest BCUT2D eigenvalue weighted by atomic mass is 10.1. The van der Waals surface area contributed by atoms with Gasteiger partial charge in [0, 0.05) is 11.6 Å². The summed E-state index contributed by atoms with van der Waals surface area (Å²) in [5.74, 6) is 1.11. The molecule has 0 aliphatic heterocycles. The molecule has 2 rings (SSSR count). The maximum absolute atomic E-state index is 5.94. The summed E-state index contributed by atoms with van der Waals surface area (Å²) < 4.78 is 1.76. The predicted octanol–water partition coefficient (Wildman–Crippen LogP) is 1.98. The average molecular weight is 231 g/mol. The van der Waals surface area contributed by atoms with E-state index in [1.165, 1.54) is 0 Å². The van der Waals surface area contributed by atoms with Gasteiger partial charge < -0.3 is 5.73 Å². The van der Waals surface area contributed by atoms with Crippen LogP contribution in [0.2, 0.25) is 0 Å². The molecule has 2 aromatic rings. The monoisotopic (exact) mass is 231 g/mol. The smallest absolute Gasteiger partial charge is 0.159 e. The maximum atomic E-state index is 5.94. The third-order valence-electron chi connectivity index (χ3n) is 2.82. The molecule has 0 aliphatic carbocycles. The first kappa shape index (κ1) is 11.6. The molecule has 90 valence electrons. The molecule has 1 aromatic heterocycles.